The molecule has 0 radical (unpaired) electrons. The first-order valence-electron chi connectivity index (χ1n) is 7.44. The molecular weight excluding hydrogens is 305 g/mol. The second kappa shape index (κ2) is 6.48. The summed E-state index contributed by atoms with van der Waals surface area (Å²) in [6, 6.07) is 4.75. The highest BCUT2D eigenvalue weighted by Crippen LogP contribution is 2.30. The van der Waals surface area contributed by atoms with Gasteiger partial charge in [-0.25, -0.2) is 4.39 Å². The summed E-state index contributed by atoms with van der Waals surface area (Å²) in [5.41, 5.74) is 0.986. The largest absolute Gasteiger partial charge is 0.338 e. The highest BCUT2D eigenvalue weighted by molar-refractivity contribution is 6.30. The zero-order valence-electron chi connectivity index (χ0n) is 12.1. The highest BCUT2D eigenvalue weighted by atomic mass is 35.5. The molecule has 0 saturated heterocycles. The molecule has 1 heterocycles. The van der Waals surface area contributed by atoms with Gasteiger partial charge in [0, 0.05) is 11.9 Å². The van der Waals surface area contributed by atoms with Gasteiger partial charge in [-0.15, -0.1) is 0 Å². The summed E-state index contributed by atoms with van der Waals surface area (Å²) in [5, 5.41) is 7.52. The Balaban J connectivity index is 1.84. The molecule has 0 spiro atoms. The molecule has 1 saturated carbocycles. The summed E-state index contributed by atoms with van der Waals surface area (Å²) in [4.78, 5) is 11.2. The first kappa shape index (κ1) is 15.0. The van der Waals surface area contributed by atoms with Crippen LogP contribution in [0.2, 0.25) is 5.02 Å². The summed E-state index contributed by atoms with van der Waals surface area (Å²) in [6.45, 7) is 0. The normalized spacial score (nSPS) is 15.7. The van der Waals surface area contributed by atoms with Crippen LogP contribution in [0.15, 0.2) is 24.4 Å². The third-order valence-corrected chi connectivity index (χ3v) is 4.32. The van der Waals surface area contributed by atoms with E-state index >= 15 is 0 Å². The first-order valence-corrected chi connectivity index (χ1v) is 7.81. The molecule has 0 aliphatic heterocycles. The van der Waals surface area contributed by atoms with Gasteiger partial charge in [0.15, 0.2) is 12.1 Å². The quantitative estimate of drug-likeness (QED) is 0.828. The van der Waals surface area contributed by atoms with Crippen LogP contribution >= 0.6 is 11.6 Å². The molecule has 6 heteroatoms. The van der Waals surface area contributed by atoms with Crippen LogP contribution in [0.1, 0.15) is 48.5 Å². The number of benzene rings is 1. The molecule has 2 aromatic rings. The number of aromatic nitrogens is 2. The van der Waals surface area contributed by atoms with E-state index in [-0.39, 0.29) is 5.02 Å². The van der Waals surface area contributed by atoms with E-state index in [4.69, 9.17) is 11.6 Å². The minimum Gasteiger partial charge on any atom is -0.338 e. The fraction of sp³-hybridized carbons (Fsp3) is 0.375. The predicted molar refractivity (Wildman–Crippen MR) is 84.4 cm³/mol. The summed E-state index contributed by atoms with van der Waals surface area (Å²) < 4.78 is 15.4. The molecule has 0 atom stereocenters. The maximum Gasteiger partial charge on any atom is 0.163 e. The van der Waals surface area contributed by atoms with Crippen molar-refractivity contribution in [3.05, 3.63) is 40.8 Å². The van der Waals surface area contributed by atoms with Crippen LogP contribution in [0.4, 0.5) is 15.9 Å². The smallest absolute Gasteiger partial charge is 0.163 e. The average Bonchev–Trinajstić information content (AvgIpc) is 2.95. The first-order chi connectivity index (χ1) is 10.7. The summed E-state index contributed by atoms with van der Waals surface area (Å²) in [6.07, 6.45) is 8.31. The van der Waals surface area contributed by atoms with E-state index in [1.54, 1.807) is 12.3 Å². The number of carbonyl (C=O) groups is 1. The lowest BCUT2D eigenvalue weighted by atomic mass is 9.96. The lowest BCUT2D eigenvalue weighted by Crippen LogP contribution is -2.13. The van der Waals surface area contributed by atoms with Gasteiger partial charge in [-0.05, 0) is 31.0 Å². The SMILES string of the molecule is O=Cc1cn(C2CCCCC2)nc1Nc1ccc(Cl)c(F)c1. The van der Waals surface area contributed by atoms with E-state index in [0.717, 1.165) is 19.1 Å². The van der Waals surface area contributed by atoms with Crippen LogP contribution in [0, 0.1) is 5.82 Å². The topological polar surface area (TPSA) is 46.9 Å². The molecule has 0 bridgehead atoms. The van der Waals surface area contributed by atoms with E-state index in [0.29, 0.717) is 23.1 Å². The molecule has 1 aliphatic rings. The van der Waals surface area contributed by atoms with Crippen molar-refractivity contribution in [1.82, 2.24) is 9.78 Å². The summed E-state index contributed by atoms with van der Waals surface area (Å²) in [7, 11) is 0. The minimum atomic E-state index is -0.508. The van der Waals surface area contributed by atoms with E-state index in [2.05, 4.69) is 10.4 Å². The number of hydrogen-bond donors (Lipinski definition) is 1. The van der Waals surface area contributed by atoms with Gasteiger partial charge in [-0.2, -0.15) is 5.10 Å². The number of carbonyl (C=O) groups excluding carboxylic acids is 1. The Morgan fingerprint density at radius 3 is 2.77 bits per heavy atom. The second-order valence-corrected chi connectivity index (χ2v) is 5.98. The molecule has 4 nitrogen and oxygen atoms in total. The minimum absolute atomic E-state index is 0.0638. The van der Waals surface area contributed by atoms with Crippen molar-refractivity contribution in [3.63, 3.8) is 0 Å². The number of aldehydes is 1. The molecule has 22 heavy (non-hydrogen) atoms. The molecular formula is C16H17ClFN3O. The summed E-state index contributed by atoms with van der Waals surface area (Å²) >= 11 is 5.67. The monoisotopic (exact) mass is 321 g/mol. The fourth-order valence-corrected chi connectivity index (χ4v) is 2.95. The van der Waals surface area contributed by atoms with Crippen LogP contribution < -0.4 is 5.32 Å². The van der Waals surface area contributed by atoms with Crippen molar-refractivity contribution in [2.75, 3.05) is 5.32 Å². The molecule has 1 aromatic heterocycles. The summed E-state index contributed by atoms with van der Waals surface area (Å²) in [5.74, 6) is -0.0617. The Hall–Kier alpha value is -1.88. The van der Waals surface area contributed by atoms with E-state index in [9.17, 15) is 9.18 Å². The van der Waals surface area contributed by atoms with Crippen molar-refractivity contribution >= 4 is 29.4 Å². The van der Waals surface area contributed by atoms with Gasteiger partial charge in [0.1, 0.15) is 5.82 Å². The van der Waals surface area contributed by atoms with E-state index in [1.807, 2.05) is 4.68 Å². The molecule has 3 rings (SSSR count). The lowest BCUT2D eigenvalue weighted by Gasteiger charge is -2.21. The second-order valence-electron chi connectivity index (χ2n) is 5.58. The van der Waals surface area contributed by atoms with Crippen LogP contribution in [0.5, 0.6) is 0 Å². The third kappa shape index (κ3) is 3.14. The molecule has 1 aromatic carbocycles. The van der Waals surface area contributed by atoms with E-state index in [1.165, 1.54) is 31.4 Å². The lowest BCUT2D eigenvalue weighted by molar-refractivity contribution is 0.112. The Bertz CT molecular complexity index is 680. The van der Waals surface area contributed by atoms with Gasteiger partial charge in [-0.1, -0.05) is 30.9 Å². The van der Waals surface area contributed by atoms with Crippen molar-refractivity contribution in [2.45, 2.75) is 38.1 Å². The average molecular weight is 322 g/mol. The Kier molecular flexibility index (Phi) is 4.43. The number of anilines is 2. The zero-order chi connectivity index (χ0) is 15.5. The number of nitrogens with one attached hydrogen (secondary N) is 1. The molecule has 0 amide bonds. The molecule has 116 valence electrons. The molecule has 0 unspecified atom stereocenters. The van der Waals surface area contributed by atoms with Crippen molar-refractivity contribution < 1.29 is 9.18 Å². The van der Waals surface area contributed by atoms with E-state index < -0.39 is 5.82 Å². The van der Waals surface area contributed by atoms with Gasteiger partial charge in [0.2, 0.25) is 0 Å². The fourth-order valence-electron chi connectivity index (χ4n) is 2.83. The maximum atomic E-state index is 13.5. The van der Waals surface area contributed by atoms with Gasteiger partial charge in [0.25, 0.3) is 0 Å². The standard InChI is InChI=1S/C16H17ClFN3O/c17-14-7-6-12(8-15(14)18)19-16-11(10-22)9-21(20-16)13-4-2-1-3-5-13/h6-10,13H,1-5H2,(H,19,20). The molecule has 1 aliphatic carbocycles. The van der Waals surface area contributed by atoms with Gasteiger partial charge in [-0.3, -0.25) is 9.48 Å². The van der Waals surface area contributed by atoms with Crippen molar-refractivity contribution in [3.8, 4) is 0 Å². The Morgan fingerprint density at radius 1 is 1.32 bits per heavy atom. The van der Waals surface area contributed by atoms with Gasteiger partial charge >= 0.3 is 0 Å². The third-order valence-electron chi connectivity index (χ3n) is 4.02. The van der Waals surface area contributed by atoms with Crippen LogP contribution in [-0.2, 0) is 0 Å². The van der Waals surface area contributed by atoms with Crippen LogP contribution in [-0.4, -0.2) is 16.1 Å². The Morgan fingerprint density at radius 2 is 2.09 bits per heavy atom. The number of halogens is 2. The van der Waals surface area contributed by atoms with Gasteiger partial charge < -0.3 is 5.32 Å². The Labute approximate surface area is 133 Å². The predicted octanol–water partition coefficient (Wildman–Crippen LogP) is 4.74. The highest BCUT2D eigenvalue weighted by Gasteiger charge is 2.18. The molecule has 1 fully saturated rings. The number of rotatable bonds is 4. The zero-order valence-corrected chi connectivity index (χ0v) is 12.8. The van der Waals surface area contributed by atoms with Gasteiger partial charge in [0.05, 0.1) is 16.6 Å². The van der Waals surface area contributed by atoms with Crippen LogP contribution in [0.3, 0.4) is 0 Å². The van der Waals surface area contributed by atoms with Crippen molar-refractivity contribution in [1.29, 1.82) is 0 Å². The number of nitrogens with zero attached hydrogens (tertiary/aromatic N) is 2. The van der Waals surface area contributed by atoms with Crippen LogP contribution in [0.25, 0.3) is 0 Å². The van der Waals surface area contributed by atoms with Crippen molar-refractivity contribution in [2.24, 2.45) is 0 Å². The number of hydrogen-bond acceptors (Lipinski definition) is 3. The maximum absolute atomic E-state index is 13.5. The molecule has 1 N–H and O–H groups in total.